The summed E-state index contributed by atoms with van der Waals surface area (Å²) in [5, 5.41) is 2.33. The average molecular weight is 883 g/mol. The van der Waals surface area contributed by atoms with E-state index in [2.05, 4.69) is 256 Å². The molecule has 9 aromatic rings. The fraction of sp³-hybridized carbons (Fsp3) is 0.290. The summed E-state index contributed by atoms with van der Waals surface area (Å²) < 4.78 is 13.9. The van der Waals surface area contributed by atoms with Gasteiger partial charge in [-0.25, -0.2) is 4.98 Å². The zero-order valence-electron chi connectivity index (χ0n) is 41.8. The van der Waals surface area contributed by atoms with Gasteiger partial charge < -0.3 is 4.74 Å². The number of hydrogen-bond donors (Lipinski definition) is 0. The van der Waals surface area contributed by atoms with E-state index in [1.165, 1.54) is 44.6 Å². The molecule has 0 aliphatic heterocycles. The predicted molar refractivity (Wildman–Crippen MR) is 280 cm³/mol. The van der Waals surface area contributed by atoms with E-state index in [-0.39, 0.29) is 16.2 Å². The lowest BCUT2D eigenvalue weighted by Crippen LogP contribution is -2.40. The van der Waals surface area contributed by atoms with Crippen LogP contribution in [0.25, 0.3) is 61.3 Å². The molecule has 5 nitrogen and oxygen atoms in total. The minimum absolute atomic E-state index is 0.0222. The standard InChI is InChI=1S/C62H66N4O/c1-40(2)50-23-19-24-51(41(3)4)57(50)43-26-28-46(29-27-43)64-39-65(59(62(11,12)13)58(64)61(8,9)10)47-34-44(42-20-15-14-16-21-42)35-49(37-47)67-48-30-31-53-52-22-17-18-25-54(52)66(55(53)38-48)56-36-45(32-33-63-56)60(5,6)7/h14-38,40-41H,1-13H3. The van der Waals surface area contributed by atoms with Gasteiger partial charge in [-0.3, -0.25) is 13.7 Å². The van der Waals surface area contributed by atoms with Crippen molar-refractivity contribution >= 4 is 21.8 Å². The maximum absolute atomic E-state index is 7.03. The molecule has 0 amide bonds. The number of para-hydroxylation sites is 1. The molecule has 0 bridgehead atoms. The maximum Gasteiger partial charge on any atom is 0.269 e. The highest BCUT2D eigenvalue weighted by molar-refractivity contribution is 6.09. The Kier molecular flexibility index (Phi) is 11.6. The SMILES string of the molecule is CC(C)c1cccc(C(C)C)c1-c1ccc(-[n+]2[c-]n(-c3cc(Oc4ccc5c6ccccc6n(-c6cc(C(C)(C)C)ccn6)c5c4)cc(-c4ccccc4)c3)c(C(C)(C)C)c2C(C)(C)C)cc1. The van der Waals surface area contributed by atoms with Crippen LogP contribution in [0.15, 0.2) is 152 Å². The number of nitrogens with zero attached hydrogens (tertiary/aromatic N) is 4. The lowest BCUT2D eigenvalue weighted by atomic mass is 9.81. The van der Waals surface area contributed by atoms with Gasteiger partial charge in [0.05, 0.1) is 33.8 Å². The van der Waals surface area contributed by atoms with Gasteiger partial charge in [-0.1, -0.05) is 169 Å². The second-order valence-electron chi connectivity index (χ2n) is 22.0. The van der Waals surface area contributed by atoms with Gasteiger partial charge in [0, 0.05) is 23.0 Å². The summed E-state index contributed by atoms with van der Waals surface area (Å²) in [6.07, 6.45) is 5.86. The Labute approximate surface area is 398 Å². The number of ether oxygens (including phenoxy) is 1. The second kappa shape index (κ2) is 17.2. The van der Waals surface area contributed by atoms with Crippen molar-refractivity contribution in [1.29, 1.82) is 0 Å². The Morgan fingerprint density at radius 1 is 0.537 bits per heavy atom. The molecule has 67 heavy (non-hydrogen) atoms. The lowest BCUT2D eigenvalue weighted by molar-refractivity contribution is -0.611. The molecule has 0 aliphatic carbocycles. The summed E-state index contributed by atoms with van der Waals surface area (Å²) in [6, 6.07) is 52.5. The van der Waals surface area contributed by atoms with Crippen molar-refractivity contribution in [1.82, 2.24) is 14.1 Å². The molecule has 0 saturated carbocycles. The van der Waals surface area contributed by atoms with Gasteiger partial charge in [-0.2, -0.15) is 0 Å². The summed E-state index contributed by atoms with van der Waals surface area (Å²) in [6.45, 7) is 29.8. The highest BCUT2D eigenvalue weighted by Crippen LogP contribution is 2.41. The molecule has 0 aliphatic rings. The van der Waals surface area contributed by atoms with Gasteiger partial charge in [-0.05, 0) is 128 Å². The highest BCUT2D eigenvalue weighted by Gasteiger charge is 2.34. The van der Waals surface area contributed by atoms with Crippen molar-refractivity contribution in [2.45, 2.75) is 118 Å². The summed E-state index contributed by atoms with van der Waals surface area (Å²) in [7, 11) is 0. The van der Waals surface area contributed by atoms with E-state index in [1.807, 2.05) is 6.20 Å². The number of pyridine rings is 1. The normalized spacial score (nSPS) is 12.5. The minimum Gasteiger partial charge on any atom is -0.458 e. The first-order chi connectivity index (χ1) is 31.8. The van der Waals surface area contributed by atoms with E-state index >= 15 is 0 Å². The zero-order chi connectivity index (χ0) is 47.6. The van der Waals surface area contributed by atoms with Crippen LogP contribution in [0, 0.1) is 6.33 Å². The van der Waals surface area contributed by atoms with Crippen LogP contribution >= 0.6 is 0 Å². The molecule has 5 heteroatoms. The molecule has 0 fully saturated rings. The number of fused-ring (bicyclic) bond motifs is 3. The Morgan fingerprint density at radius 2 is 1.19 bits per heavy atom. The van der Waals surface area contributed by atoms with E-state index in [1.54, 1.807) is 0 Å². The molecular formula is C62H66N4O. The Bertz CT molecular complexity index is 3230. The van der Waals surface area contributed by atoms with Gasteiger partial charge in [0.2, 0.25) is 0 Å². The van der Waals surface area contributed by atoms with Crippen LogP contribution in [0.3, 0.4) is 0 Å². The number of rotatable bonds is 9. The number of aromatic nitrogens is 4. The van der Waals surface area contributed by atoms with Crippen molar-refractivity contribution in [2.24, 2.45) is 0 Å². The van der Waals surface area contributed by atoms with Crippen LogP contribution < -0.4 is 9.30 Å². The van der Waals surface area contributed by atoms with E-state index in [4.69, 9.17) is 9.72 Å². The Hall–Kier alpha value is -6.72. The molecule has 340 valence electrons. The summed E-state index contributed by atoms with van der Waals surface area (Å²) in [5.74, 6) is 3.20. The molecule has 3 heterocycles. The van der Waals surface area contributed by atoms with Gasteiger partial charge >= 0.3 is 0 Å². The summed E-state index contributed by atoms with van der Waals surface area (Å²) in [5.41, 5.74) is 14.9. The second-order valence-corrected chi connectivity index (χ2v) is 22.0. The summed E-state index contributed by atoms with van der Waals surface area (Å²) >= 11 is 0. The Morgan fingerprint density at radius 3 is 1.84 bits per heavy atom. The predicted octanol–water partition coefficient (Wildman–Crippen LogP) is 16.3. The van der Waals surface area contributed by atoms with Crippen molar-refractivity contribution in [2.75, 3.05) is 0 Å². The first kappa shape index (κ1) is 45.4. The molecule has 0 N–H and O–H groups in total. The minimum atomic E-state index is -0.243. The number of benzene rings is 6. The number of imidazole rings is 1. The molecule has 0 atom stereocenters. The fourth-order valence-electron chi connectivity index (χ4n) is 9.80. The first-order valence-corrected chi connectivity index (χ1v) is 24.0. The van der Waals surface area contributed by atoms with E-state index < -0.39 is 0 Å². The molecule has 0 saturated heterocycles. The van der Waals surface area contributed by atoms with Crippen LogP contribution in [-0.2, 0) is 16.2 Å². The summed E-state index contributed by atoms with van der Waals surface area (Å²) in [4.78, 5) is 4.93. The third-order valence-corrected chi connectivity index (χ3v) is 13.1. The molecule has 0 radical (unpaired) electrons. The topological polar surface area (TPSA) is 35.9 Å². The Balaban J connectivity index is 1.21. The van der Waals surface area contributed by atoms with Crippen molar-refractivity contribution < 1.29 is 9.30 Å². The molecular weight excluding hydrogens is 817 g/mol. The third-order valence-electron chi connectivity index (χ3n) is 13.1. The van der Waals surface area contributed by atoms with Crippen molar-refractivity contribution in [3.05, 3.63) is 186 Å². The highest BCUT2D eigenvalue weighted by atomic mass is 16.5. The van der Waals surface area contributed by atoms with Gasteiger partial charge in [0.15, 0.2) is 0 Å². The molecule has 9 rings (SSSR count). The average Bonchev–Trinajstić information content (AvgIpc) is 3.87. The van der Waals surface area contributed by atoms with Crippen molar-refractivity contribution in [3.63, 3.8) is 0 Å². The first-order valence-electron chi connectivity index (χ1n) is 24.0. The van der Waals surface area contributed by atoms with E-state index in [9.17, 15) is 0 Å². The van der Waals surface area contributed by atoms with Crippen LogP contribution in [0.4, 0.5) is 0 Å². The lowest BCUT2D eigenvalue weighted by Gasteiger charge is -2.30. The largest absolute Gasteiger partial charge is 0.458 e. The van der Waals surface area contributed by atoms with E-state index in [0.29, 0.717) is 11.8 Å². The molecule has 6 aromatic carbocycles. The fourth-order valence-corrected chi connectivity index (χ4v) is 9.80. The van der Waals surface area contributed by atoms with Crippen LogP contribution in [0.5, 0.6) is 11.5 Å². The van der Waals surface area contributed by atoms with Gasteiger partial charge in [0.25, 0.3) is 6.33 Å². The molecule has 0 spiro atoms. The van der Waals surface area contributed by atoms with E-state index in [0.717, 1.165) is 56.2 Å². The molecule has 0 unspecified atom stereocenters. The maximum atomic E-state index is 7.03. The van der Waals surface area contributed by atoms with Crippen LogP contribution in [0.1, 0.15) is 130 Å². The van der Waals surface area contributed by atoms with Gasteiger partial charge in [0.1, 0.15) is 17.3 Å². The monoisotopic (exact) mass is 883 g/mol. The third kappa shape index (κ3) is 8.73. The van der Waals surface area contributed by atoms with Gasteiger partial charge in [-0.15, -0.1) is 0 Å². The van der Waals surface area contributed by atoms with Crippen LogP contribution in [0.2, 0.25) is 0 Å². The number of hydrogen-bond acceptors (Lipinski definition) is 2. The molecule has 3 aromatic heterocycles. The smallest absolute Gasteiger partial charge is 0.269 e. The quantitative estimate of drug-likeness (QED) is 0.107. The zero-order valence-corrected chi connectivity index (χ0v) is 41.8. The van der Waals surface area contributed by atoms with Crippen LogP contribution in [-0.4, -0.2) is 14.1 Å². The van der Waals surface area contributed by atoms with Crippen molar-refractivity contribution in [3.8, 4) is 50.9 Å².